The third kappa shape index (κ3) is 5.42. The molecule has 0 aliphatic carbocycles. The first-order valence-corrected chi connectivity index (χ1v) is 7.92. The summed E-state index contributed by atoms with van der Waals surface area (Å²) in [5.41, 5.74) is 1.44. The molecule has 0 radical (unpaired) electrons. The first-order valence-electron chi connectivity index (χ1n) is 7.92. The summed E-state index contributed by atoms with van der Waals surface area (Å²) in [6, 6.07) is 16.9. The van der Waals surface area contributed by atoms with Gasteiger partial charge >= 0.3 is 0 Å². The highest BCUT2D eigenvalue weighted by atomic mass is 16.5. The molecule has 4 heteroatoms. The Kier molecular flexibility index (Phi) is 6.63. The second kappa shape index (κ2) is 8.96. The van der Waals surface area contributed by atoms with Gasteiger partial charge in [-0.2, -0.15) is 0 Å². The zero-order chi connectivity index (χ0) is 16.5. The van der Waals surface area contributed by atoms with E-state index in [0.717, 1.165) is 11.3 Å². The Hall–Kier alpha value is -2.33. The number of carbonyl (C=O) groups is 1. The van der Waals surface area contributed by atoms with Crippen molar-refractivity contribution in [2.24, 2.45) is 0 Å². The van der Waals surface area contributed by atoms with Crippen LogP contribution in [0.5, 0.6) is 5.75 Å². The molecule has 2 N–H and O–H groups in total. The molecule has 122 valence electrons. The van der Waals surface area contributed by atoms with Gasteiger partial charge in [0.2, 0.25) is 0 Å². The first-order chi connectivity index (χ1) is 11.2. The number of nitrogens with one attached hydrogen (secondary N) is 1. The van der Waals surface area contributed by atoms with Crippen molar-refractivity contribution in [3.8, 4) is 5.75 Å². The highest BCUT2D eigenvalue weighted by molar-refractivity contribution is 5.95. The van der Waals surface area contributed by atoms with Gasteiger partial charge in [0.25, 0.3) is 5.91 Å². The van der Waals surface area contributed by atoms with E-state index in [0.29, 0.717) is 31.6 Å². The van der Waals surface area contributed by atoms with Gasteiger partial charge in [-0.25, -0.2) is 0 Å². The molecule has 4 nitrogen and oxygen atoms in total. The summed E-state index contributed by atoms with van der Waals surface area (Å²) < 4.78 is 5.72. The van der Waals surface area contributed by atoms with Crippen molar-refractivity contribution in [1.82, 2.24) is 5.32 Å². The van der Waals surface area contributed by atoms with E-state index in [1.807, 2.05) is 55.5 Å². The zero-order valence-corrected chi connectivity index (χ0v) is 13.4. The van der Waals surface area contributed by atoms with E-state index in [4.69, 9.17) is 4.74 Å². The second-order valence-electron chi connectivity index (χ2n) is 5.37. The summed E-state index contributed by atoms with van der Waals surface area (Å²) in [6.45, 7) is 2.72. The SMILES string of the molecule is CCC(O)CCNC(=O)c1ccccc1COc1ccccc1. The standard InChI is InChI=1S/C19H23NO3/c1-2-16(21)12-13-20-19(22)18-11-7-6-8-15(18)14-23-17-9-4-3-5-10-17/h3-11,16,21H,2,12-14H2,1H3,(H,20,22). The van der Waals surface area contributed by atoms with Crippen LogP contribution in [0.1, 0.15) is 35.7 Å². The van der Waals surface area contributed by atoms with Gasteiger partial charge in [-0.15, -0.1) is 0 Å². The lowest BCUT2D eigenvalue weighted by Crippen LogP contribution is -2.28. The fraction of sp³-hybridized carbons (Fsp3) is 0.316. The molecule has 1 atom stereocenters. The predicted molar refractivity (Wildman–Crippen MR) is 90.5 cm³/mol. The van der Waals surface area contributed by atoms with Gasteiger partial charge in [0.05, 0.1) is 6.10 Å². The quantitative estimate of drug-likeness (QED) is 0.787. The Balaban J connectivity index is 1.95. The van der Waals surface area contributed by atoms with Gasteiger partial charge in [-0.1, -0.05) is 43.3 Å². The maximum atomic E-state index is 12.3. The fourth-order valence-electron chi connectivity index (χ4n) is 2.20. The molecular formula is C19H23NO3. The number of hydrogen-bond acceptors (Lipinski definition) is 3. The van der Waals surface area contributed by atoms with Gasteiger partial charge in [0, 0.05) is 17.7 Å². The Morgan fingerprint density at radius 1 is 1.13 bits per heavy atom. The van der Waals surface area contributed by atoms with Crippen LogP contribution in [0.25, 0.3) is 0 Å². The Labute approximate surface area is 137 Å². The monoisotopic (exact) mass is 313 g/mol. The van der Waals surface area contributed by atoms with Crippen molar-refractivity contribution in [2.45, 2.75) is 32.5 Å². The van der Waals surface area contributed by atoms with Crippen molar-refractivity contribution >= 4 is 5.91 Å². The van der Waals surface area contributed by atoms with E-state index in [1.54, 1.807) is 6.07 Å². The fourth-order valence-corrected chi connectivity index (χ4v) is 2.20. The van der Waals surface area contributed by atoms with Gasteiger partial charge in [0.1, 0.15) is 12.4 Å². The van der Waals surface area contributed by atoms with Gasteiger partial charge < -0.3 is 15.2 Å². The average molecular weight is 313 g/mol. The number of benzene rings is 2. The van der Waals surface area contributed by atoms with Gasteiger partial charge in [-0.05, 0) is 31.0 Å². The largest absolute Gasteiger partial charge is 0.489 e. The topological polar surface area (TPSA) is 58.6 Å². The Morgan fingerprint density at radius 2 is 1.83 bits per heavy atom. The number of para-hydroxylation sites is 1. The molecule has 0 saturated carbocycles. The molecule has 0 fully saturated rings. The molecule has 0 spiro atoms. The minimum atomic E-state index is -0.369. The van der Waals surface area contributed by atoms with Crippen LogP contribution in [0, 0.1) is 0 Å². The van der Waals surface area contributed by atoms with Crippen LogP contribution in [0.4, 0.5) is 0 Å². The lowest BCUT2D eigenvalue weighted by Gasteiger charge is -2.12. The van der Waals surface area contributed by atoms with E-state index in [2.05, 4.69) is 5.32 Å². The normalized spacial score (nSPS) is 11.7. The zero-order valence-electron chi connectivity index (χ0n) is 13.4. The Bertz CT molecular complexity index is 613. The smallest absolute Gasteiger partial charge is 0.251 e. The summed E-state index contributed by atoms with van der Waals surface area (Å²) in [7, 11) is 0. The molecule has 2 aromatic rings. The van der Waals surface area contributed by atoms with Crippen LogP contribution in [-0.2, 0) is 6.61 Å². The van der Waals surface area contributed by atoms with Crippen molar-refractivity contribution in [3.05, 3.63) is 65.7 Å². The number of hydrogen-bond donors (Lipinski definition) is 2. The van der Waals surface area contributed by atoms with Crippen LogP contribution in [0.2, 0.25) is 0 Å². The van der Waals surface area contributed by atoms with Crippen molar-refractivity contribution in [1.29, 1.82) is 0 Å². The Morgan fingerprint density at radius 3 is 2.57 bits per heavy atom. The number of amides is 1. The molecule has 2 aromatic carbocycles. The van der Waals surface area contributed by atoms with E-state index >= 15 is 0 Å². The minimum Gasteiger partial charge on any atom is -0.489 e. The van der Waals surface area contributed by atoms with E-state index in [9.17, 15) is 9.90 Å². The second-order valence-corrected chi connectivity index (χ2v) is 5.37. The lowest BCUT2D eigenvalue weighted by molar-refractivity contribution is 0.0939. The molecule has 0 aliphatic heterocycles. The molecule has 0 aromatic heterocycles. The maximum absolute atomic E-state index is 12.3. The molecular weight excluding hydrogens is 290 g/mol. The number of rotatable bonds is 8. The highest BCUT2D eigenvalue weighted by Gasteiger charge is 2.11. The van der Waals surface area contributed by atoms with E-state index in [-0.39, 0.29) is 12.0 Å². The molecule has 23 heavy (non-hydrogen) atoms. The van der Waals surface area contributed by atoms with Crippen molar-refractivity contribution in [3.63, 3.8) is 0 Å². The molecule has 0 bridgehead atoms. The molecule has 1 unspecified atom stereocenters. The molecule has 0 saturated heterocycles. The van der Waals surface area contributed by atoms with Crippen molar-refractivity contribution in [2.75, 3.05) is 6.54 Å². The van der Waals surface area contributed by atoms with Crippen LogP contribution < -0.4 is 10.1 Å². The number of aliphatic hydroxyl groups excluding tert-OH is 1. The van der Waals surface area contributed by atoms with E-state index in [1.165, 1.54) is 0 Å². The molecule has 1 amide bonds. The van der Waals surface area contributed by atoms with Gasteiger partial charge in [0.15, 0.2) is 0 Å². The van der Waals surface area contributed by atoms with Crippen LogP contribution in [-0.4, -0.2) is 23.7 Å². The van der Waals surface area contributed by atoms with Gasteiger partial charge in [-0.3, -0.25) is 4.79 Å². The molecule has 2 rings (SSSR count). The van der Waals surface area contributed by atoms with Crippen LogP contribution in [0.15, 0.2) is 54.6 Å². The molecule has 0 heterocycles. The highest BCUT2D eigenvalue weighted by Crippen LogP contribution is 2.14. The third-order valence-corrected chi connectivity index (χ3v) is 3.63. The number of aliphatic hydroxyl groups is 1. The summed E-state index contributed by atoms with van der Waals surface area (Å²) in [5.74, 6) is 0.634. The summed E-state index contributed by atoms with van der Waals surface area (Å²) in [4.78, 5) is 12.3. The average Bonchev–Trinajstić information content (AvgIpc) is 2.60. The van der Waals surface area contributed by atoms with Crippen LogP contribution >= 0.6 is 0 Å². The predicted octanol–water partition coefficient (Wildman–Crippen LogP) is 3.16. The van der Waals surface area contributed by atoms with Crippen molar-refractivity contribution < 1.29 is 14.6 Å². The molecule has 0 aliphatic rings. The summed E-state index contributed by atoms with van der Waals surface area (Å²) in [6.07, 6.45) is 0.884. The number of ether oxygens (including phenoxy) is 1. The first kappa shape index (κ1) is 17.0. The summed E-state index contributed by atoms with van der Waals surface area (Å²) in [5, 5.41) is 12.4. The number of carbonyl (C=O) groups excluding carboxylic acids is 1. The van der Waals surface area contributed by atoms with E-state index < -0.39 is 0 Å². The minimum absolute atomic E-state index is 0.138. The maximum Gasteiger partial charge on any atom is 0.251 e. The summed E-state index contributed by atoms with van der Waals surface area (Å²) >= 11 is 0. The van der Waals surface area contributed by atoms with Crippen LogP contribution in [0.3, 0.4) is 0 Å². The third-order valence-electron chi connectivity index (χ3n) is 3.63. The lowest BCUT2D eigenvalue weighted by atomic mass is 10.1.